The normalized spacial score (nSPS) is 16.5. The minimum atomic E-state index is -4.39. The molecule has 1 aliphatic rings. The molecule has 26 heavy (non-hydrogen) atoms. The van der Waals surface area contributed by atoms with Crippen LogP contribution in [0.5, 0.6) is 0 Å². The van der Waals surface area contributed by atoms with Crippen molar-refractivity contribution >= 4 is 17.7 Å². The number of carbonyl (C=O) groups excluding carboxylic acids is 3. The topological polar surface area (TPSA) is 66.5 Å². The van der Waals surface area contributed by atoms with Crippen molar-refractivity contribution in [2.75, 3.05) is 13.1 Å². The fourth-order valence-electron chi connectivity index (χ4n) is 2.83. The Kier molecular flexibility index (Phi) is 6.39. The number of alkyl halides is 3. The van der Waals surface area contributed by atoms with Crippen LogP contribution in [0.15, 0.2) is 24.3 Å². The summed E-state index contributed by atoms with van der Waals surface area (Å²) in [6.07, 6.45) is -3.05. The quantitative estimate of drug-likeness (QED) is 0.783. The van der Waals surface area contributed by atoms with Crippen LogP contribution in [-0.2, 0) is 20.6 Å². The molecule has 1 saturated heterocycles. The molecule has 0 aliphatic carbocycles. The van der Waals surface area contributed by atoms with E-state index >= 15 is 0 Å². The number of rotatable bonds is 6. The van der Waals surface area contributed by atoms with E-state index < -0.39 is 11.7 Å². The molecule has 1 fully saturated rings. The maximum absolute atomic E-state index is 12.6. The van der Waals surface area contributed by atoms with E-state index in [1.807, 2.05) is 0 Å². The van der Waals surface area contributed by atoms with Crippen molar-refractivity contribution in [3.8, 4) is 0 Å². The van der Waals surface area contributed by atoms with Gasteiger partial charge in [0.1, 0.15) is 0 Å². The molecule has 1 heterocycles. The lowest BCUT2D eigenvalue weighted by Gasteiger charge is -2.24. The second kappa shape index (κ2) is 8.33. The average Bonchev–Trinajstić information content (AvgIpc) is 2.57. The maximum atomic E-state index is 12.6. The summed E-state index contributed by atoms with van der Waals surface area (Å²) >= 11 is 0. The number of nitrogens with zero attached hydrogens (tertiary/aromatic N) is 1. The highest BCUT2D eigenvalue weighted by molar-refractivity contribution is 5.97. The van der Waals surface area contributed by atoms with E-state index in [0.29, 0.717) is 24.8 Å². The zero-order chi connectivity index (χ0) is 19.3. The number of nitrogens with one attached hydrogen (secondary N) is 1. The van der Waals surface area contributed by atoms with Gasteiger partial charge in [-0.3, -0.25) is 19.3 Å². The Morgan fingerprint density at radius 1 is 1.15 bits per heavy atom. The monoisotopic (exact) mass is 370 g/mol. The SMILES string of the molecule is C[C@H](CC(=O)NCCN1C(=O)CCCC1=O)c1ccc(C(F)(F)F)cc1. The van der Waals surface area contributed by atoms with Gasteiger partial charge in [-0.1, -0.05) is 19.1 Å². The first-order chi connectivity index (χ1) is 12.2. The van der Waals surface area contributed by atoms with Crippen molar-refractivity contribution in [1.29, 1.82) is 0 Å². The predicted octanol–water partition coefficient (Wildman–Crippen LogP) is 2.85. The minimum absolute atomic E-state index is 0.104. The third-order valence-corrected chi connectivity index (χ3v) is 4.34. The number of benzene rings is 1. The maximum Gasteiger partial charge on any atom is 0.416 e. The minimum Gasteiger partial charge on any atom is -0.354 e. The van der Waals surface area contributed by atoms with Crippen LogP contribution in [0.4, 0.5) is 13.2 Å². The molecule has 1 aliphatic heterocycles. The summed E-state index contributed by atoms with van der Waals surface area (Å²) in [5.41, 5.74) is -0.0942. The van der Waals surface area contributed by atoms with E-state index in [1.165, 1.54) is 12.1 Å². The van der Waals surface area contributed by atoms with Crippen LogP contribution in [0.3, 0.4) is 0 Å². The van der Waals surface area contributed by atoms with E-state index in [0.717, 1.165) is 17.0 Å². The molecule has 0 bridgehead atoms. The van der Waals surface area contributed by atoms with E-state index in [4.69, 9.17) is 0 Å². The Hall–Kier alpha value is -2.38. The summed E-state index contributed by atoms with van der Waals surface area (Å²) in [7, 11) is 0. The summed E-state index contributed by atoms with van der Waals surface area (Å²) in [6, 6.07) is 4.73. The number of halogens is 3. The highest BCUT2D eigenvalue weighted by Gasteiger charge is 2.30. The van der Waals surface area contributed by atoms with Gasteiger partial charge in [-0.05, 0) is 30.0 Å². The number of piperidine rings is 1. The van der Waals surface area contributed by atoms with Crippen molar-refractivity contribution in [3.63, 3.8) is 0 Å². The molecule has 1 N–H and O–H groups in total. The van der Waals surface area contributed by atoms with Gasteiger partial charge in [0.2, 0.25) is 17.7 Å². The molecular formula is C18H21F3N2O3. The number of imide groups is 1. The highest BCUT2D eigenvalue weighted by atomic mass is 19.4. The number of hydrogen-bond acceptors (Lipinski definition) is 3. The van der Waals surface area contributed by atoms with Gasteiger partial charge in [0.15, 0.2) is 0 Å². The molecule has 142 valence electrons. The number of carbonyl (C=O) groups is 3. The summed E-state index contributed by atoms with van der Waals surface area (Å²) in [5, 5.41) is 2.64. The van der Waals surface area contributed by atoms with Crippen LogP contribution in [-0.4, -0.2) is 35.7 Å². The molecule has 1 aromatic carbocycles. The van der Waals surface area contributed by atoms with Crippen LogP contribution in [0, 0.1) is 0 Å². The lowest BCUT2D eigenvalue weighted by Crippen LogP contribution is -2.44. The van der Waals surface area contributed by atoms with Crippen LogP contribution in [0.2, 0.25) is 0 Å². The van der Waals surface area contributed by atoms with Crippen molar-refractivity contribution < 1.29 is 27.6 Å². The van der Waals surface area contributed by atoms with Crippen LogP contribution >= 0.6 is 0 Å². The van der Waals surface area contributed by atoms with E-state index in [-0.39, 0.29) is 43.1 Å². The summed E-state index contributed by atoms with van der Waals surface area (Å²) < 4.78 is 37.7. The molecule has 0 aromatic heterocycles. The molecule has 0 spiro atoms. The van der Waals surface area contributed by atoms with Crippen LogP contribution < -0.4 is 5.32 Å². The molecule has 3 amide bonds. The summed E-state index contributed by atoms with van der Waals surface area (Å²) in [5.74, 6) is -0.993. The Balaban J connectivity index is 1.80. The summed E-state index contributed by atoms with van der Waals surface area (Å²) in [6.45, 7) is 2.05. The fourth-order valence-corrected chi connectivity index (χ4v) is 2.83. The van der Waals surface area contributed by atoms with Gasteiger partial charge < -0.3 is 5.32 Å². The molecular weight excluding hydrogens is 349 g/mol. The average molecular weight is 370 g/mol. The van der Waals surface area contributed by atoms with E-state index in [9.17, 15) is 27.6 Å². The zero-order valence-corrected chi connectivity index (χ0v) is 14.4. The van der Waals surface area contributed by atoms with Gasteiger partial charge in [-0.25, -0.2) is 0 Å². The van der Waals surface area contributed by atoms with Crippen molar-refractivity contribution in [2.24, 2.45) is 0 Å². The summed E-state index contributed by atoms with van der Waals surface area (Å²) in [4.78, 5) is 36.4. The van der Waals surface area contributed by atoms with Crippen LogP contribution in [0.25, 0.3) is 0 Å². The van der Waals surface area contributed by atoms with Gasteiger partial charge in [-0.15, -0.1) is 0 Å². The predicted molar refractivity (Wildman–Crippen MR) is 88.1 cm³/mol. The largest absolute Gasteiger partial charge is 0.416 e. The Morgan fingerprint density at radius 2 is 1.73 bits per heavy atom. The molecule has 8 heteroatoms. The van der Waals surface area contributed by atoms with Gasteiger partial charge in [0.05, 0.1) is 5.56 Å². The van der Waals surface area contributed by atoms with Gasteiger partial charge in [0, 0.05) is 32.4 Å². The lowest BCUT2D eigenvalue weighted by molar-refractivity contribution is -0.148. The molecule has 1 aromatic rings. The van der Waals surface area contributed by atoms with Crippen LogP contribution in [0.1, 0.15) is 49.7 Å². The number of amides is 3. The number of likely N-dealkylation sites (tertiary alicyclic amines) is 1. The second-order valence-corrected chi connectivity index (χ2v) is 6.37. The molecule has 5 nitrogen and oxygen atoms in total. The number of hydrogen-bond donors (Lipinski definition) is 1. The first-order valence-corrected chi connectivity index (χ1v) is 8.45. The van der Waals surface area contributed by atoms with Gasteiger partial charge in [-0.2, -0.15) is 13.2 Å². The zero-order valence-electron chi connectivity index (χ0n) is 14.4. The molecule has 2 rings (SSSR count). The first kappa shape index (κ1) is 19.9. The Labute approximate surface area is 149 Å². The first-order valence-electron chi connectivity index (χ1n) is 8.45. The lowest BCUT2D eigenvalue weighted by atomic mass is 9.96. The van der Waals surface area contributed by atoms with Gasteiger partial charge >= 0.3 is 6.18 Å². The Morgan fingerprint density at radius 3 is 2.27 bits per heavy atom. The third-order valence-electron chi connectivity index (χ3n) is 4.34. The third kappa shape index (κ3) is 5.31. The van der Waals surface area contributed by atoms with E-state index in [2.05, 4.69) is 5.32 Å². The van der Waals surface area contributed by atoms with Gasteiger partial charge in [0.25, 0.3) is 0 Å². The Bertz CT molecular complexity index is 655. The molecule has 0 radical (unpaired) electrons. The fraction of sp³-hybridized carbons (Fsp3) is 0.500. The smallest absolute Gasteiger partial charge is 0.354 e. The molecule has 0 saturated carbocycles. The van der Waals surface area contributed by atoms with Crippen molar-refractivity contribution in [3.05, 3.63) is 35.4 Å². The van der Waals surface area contributed by atoms with Crippen molar-refractivity contribution in [1.82, 2.24) is 10.2 Å². The second-order valence-electron chi connectivity index (χ2n) is 6.37. The van der Waals surface area contributed by atoms with E-state index in [1.54, 1.807) is 6.92 Å². The standard InChI is InChI=1S/C18H21F3N2O3/c1-12(13-5-7-14(8-6-13)18(19,20)21)11-15(24)22-9-10-23-16(25)3-2-4-17(23)26/h5-8,12H,2-4,9-11H2,1H3,(H,22,24)/t12-/m1/s1. The molecule has 1 atom stereocenters. The highest BCUT2D eigenvalue weighted by Crippen LogP contribution is 2.30. The molecule has 0 unspecified atom stereocenters. The van der Waals surface area contributed by atoms with Crippen molar-refractivity contribution in [2.45, 2.75) is 44.7 Å².